The Bertz CT molecular complexity index is 1130. The summed E-state index contributed by atoms with van der Waals surface area (Å²) in [7, 11) is 3.79. The molecule has 1 N–H and O–H groups in total. The second-order valence-corrected chi connectivity index (χ2v) is 8.61. The van der Waals surface area contributed by atoms with Crippen LogP contribution < -0.4 is 9.64 Å². The zero-order valence-electron chi connectivity index (χ0n) is 20.4. The Kier molecular flexibility index (Phi) is 9.45. The summed E-state index contributed by atoms with van der Waals surface area (Å²) >= 11 is 0. The molecule has 0 aliphatic carbocycles. The van der Waals surface area contributed by atoms with Crippen molar-refractivity contribution in [1.29, 1.82) is 0 Å². The number of aliphatic carboxylic acids is 1. The minimum atomic E-state index is -5.08. The van der Waals surface area contributed by atoms with Gasteiger partial charge in [0.25, 0.3) is 0 Å². The lowest BCUT2D eigenvalue weighted by Gasteiger charge is -2.36. The molecule has 0 unspecified atom stereocenters. The van der Waals surface area contributed by atoms with Crippen molar-refractivity contribution in [3.05, 3.63) is 71.3 Å². The first-order chi connectivity index (χ1) is 17.5. The average Bonchev–Trinajstić information content (AvgIpc) is 3.33. The number of rotatable bonds is 7. The van der Waals surface area contributed by atoms with Gasteiger partial charge < -0.3 is 24.2 Å². The SMILES string of the molecule is COc1ccc(Cc2noc(N(Cc3ccc(F)cc3)C3CCN(C)CC3)n2)cc1.O=C(O)C(F)(F)F. The summed E-state index contributed by atoms with van der Waals surface area (Å²) < 4.78 is 56.0. The van der Waals surface area contributed by atoms with Gasteiger partial charge in [-0.25, -0.2) is 9.18 Å². The van der Waals surface area contributed by atoms with Gasteiger partial charge in [-0.2, -0.15) is 18.2 Å². The van der Waals surface area contributed by atoms with Crippen LogP contribution in [-0.2, 0) is 17.8 Å². The van der Waals surface area contributed by atoms with Gasteiger partial charge in [0.2, 0.25) is 0 Å². The van der Waals surface area contributed by atoms with E-state index in [1.54, 1.807) is 7.11 Å². The molecule has 2 aromatic carbocycles. The van der Waals surface area contributed by atoms with Crippen molar-refractivity contribution in [2.45, 2.75) is 38.0 Å². The predicted molar refractivity (Wildman–Crippen MR) is 127 cm³/mol. The molecule has 0 spiro atoms. The van der Waals surface area contributed by atoms with Gasteiger partial charge in [-0.3, -0.25) is 0 Å². The number of carbonyl (C=O) groups is 1. The van der Waals surface area contributed by atoms with Gasteiger partial charge >= 0.3 is 18.2 Å². The van der Waals surface area contributed by atoms with Crippen molar-refractivity contribution < 1.29 is 36.7 Å². The average molecular weight is 525 g/mol. The summed E-state index contributed by atoms with van der Waals surface area (Å²) in [5.74, 6) is -1.52. The number of halogens is 4. The molecule has 8 nitrogen and oxygen atoms in total. The summed E-state index contributed by atoms with van der Waals surface area (Å²) in [5, 5.41) is 11.3. The monoisotopic (exact) mass is 524 g/mol. The first-order valence-electron chi connectivity index (χ1n) is 11.5. The Morgan fingerprint density at radius 3 is 2.22 bits per heavy atom. The Hall–Kier alpha value is -3.67. The van der Waals surface area contributed by atoms with Crippen LogP contribution >= 0.6 is 0 Å². The van der Waals surface area contributed by atoms with Crippen LogP contribution in [0.5, 0.6) is 5.75 Å². The number of benzene rings is 2. The third-order valence-electron chi connectivity index (χ3n) is 5.86. The van der Waals surface area contributed by atoms with Crippen molar-refractivity contribution >= 4 is 12.0 Å². The molecule has 2 heterocycles. The van der Waals surface area contributed by atoms with Crippen molar-refractivity contribution in [1.82, 2.24) is 15.0 Å². The molecule has 4 rings (SSSR count). The van der Waals surface area contributed by atoms with E-state index in [1.807, 2.05) is 36.4 Å². The second-order valence-electron chi connectivity index (χ2n) is 8.61. The number of ether oxygens (including phenoxy) is 1. The fraction of sp³-hybridized carbons (Fsp3) is 0.400. The first kappa shape index (κ1) is 27.9. The third-order valence-corrected chi connectivity index (χ3v) is 5.86. The van der Waals surface area contributed by atoms with E-state index in [9.17, 15) is 17.6 Å². The predicted octanol–water partition coefficient (Wildman–Crippen LogP) is 4.54. The molecule has 12 heteroatoms. The molecule has 1 aliphatic heterocycles. The van der Waals surface area contributed by atoms with Gasteiger partial charge in [-0.15, -0.1) is 0 Å². The molecule has 1 fully saturated rings. The highest BCUT2D eigenvalue weighted by Crippen LogP contribution is 2.25. The van der Waals surface area contributed by atoms with E-state index in [2.05, 4.69) is 27.0 Å². The van der Waals surface area contributed by atoms with Gasteiger partial charge in [0.15, 0.2) is 5.82 Å². The molecule has 1 aromatic heterocycles. The van der Waals surface area contributed by atoms with E-state index in [1.165, 1.54) is 12.1 Å². The van der Waals surface area contributed by atoms with Crippen LogP contribution in [0.1, 0.15) is 29.8 Å². The molecule has 3 aromatic rings. The molecule has 0 amide bonds. The fourth-order valence-corrected chi connectivity index (χ4v) is 3.81. The lowest BCUT2D eigenvalue weighted by atomic mass is 10.0. The van der Waals surface area contributed by atoms with Crippen molar-refractivity contribution in [2.24, 2.45) is 0 Å². The van der Waals surface area contributed by atoms with E-state index in [0.29, 0.717) is 30.8 Å². The summed E-state index contributed by atoms with van der Waals surface area (Å²) in [4.78, 5) is 18.1. The largest absolute Gasteiger partial charge is 0.497 e. The maximum atomic E-state index is 13.3. The number of hydrogen-bond donors (Lipinski definition) is 1. The maximum Gasteiger partial charge on any atom is 0.490 e. The number of hydrogen-bond acceptors (Lipinski definition) is 7. The Morgan fingerprint density at radius 2 is 1.68 bits per heavy atom. The molecule has 0 bridgehead atoms. The van der Waals surface area contributed by atoms with Crippen LogP contribution in [0.25, 0.3) is 0 Å². The van der Waals surface area contributed by atoms with E-state index in [-0.39, 0.29) is 5.82 Å². The summed E-state index contributed by atoms with van der Waals surface area (Å²) in [6, 6.07) is 15.3. The zero-order valence-corrected chi connectivity index (χ0v) is 20.4. The molecule has 37 heavy (non-hydrogen) atoms. The number of carboxylic acids is 1. The van der Waals surface area contributed by atoms with E-state index < -0.39 is 12.1 Å². The number of carboxylic acid groups (broad SMARTS) is 1. The fourth-order valence-electron chi connectivity index (χ4n) is 3.81. The van der Waals surface area contributed by atoms with Gasteiger partial charge in [-0.05, 0) is 68.4 Å². The molecule has 1 aliphatic rings. The van der Waals surface area contributed by atoms with E-state index in [0.717, 1.165) is 42.8 Å². The van der Waals surface area contributed by atoms with E-state index >= 15 is 0 Å². The highest BCUT2D eigenvalue weighted by Gasteiger charge is 2.38. The molecule has 0 radical (unpaired) electrons. The standard InChI is InChI=1S/C23H27FN4O2.C2HF3O2/c1-27-13-11-20(12-14-27)28(16-18-3-7-19(24)8-4-18)23-25-22(26-30-23)15-17-5-9-21(29-2)10-6-17;3-2(4,5)1(6)7/h3-10,20H,11-16H2,1-2H3;(H,6,7). The Balaban J connectivity index is 0.000000479. The van der Waals surface area contributed by atoms with Crippen LogP contribution in [-0.4, -0.2) is 65.6 Å². The van der Waals surface area contributed by atoms with Gasteiger partial charge in [0.1, 0.15) is 11.6 Å². The molecule has 0 saturated carbocycles. The van der Waals surface area contributed by atoms with Crippen molar-refractivity contribution in [3.63, 3.8) is 0 Å². The Labute approximate surface area is 211 Å². The van der Waals surface area contributed by atoms with Crippen LogP contribution in [0.4, 0.5) is 23.6 Å². The number of likely N-dealkylation sites (tertiary alicyclic amines) is 1. The third kappa shape index (κ3) is 8.45. The number of alkyl halides is 3. The lowest BCUT2D eigenvalue weighted by Crippen LogP contribution is -2.43. The molecular weight excluding hydrogens is 496 g/mol. The minimum Gasteiger partial charge on any atom is -0.497 e. The summed E-state index contributed by atoms with van der Waals surface area (Å²) in [6.45, 7) is 2.66. The minimum absolute atomic E-state index is 0.232. The number of aromatic nitrogens is 2. The highest BCUT2D eigenvalue weighted by molar-refractivity contribution is 5.73. The van der Waals surface area contributed by atoms with Crippen LogP contribution in [0, 0.1) is 5.82 Å². The van der Waals surface area contributed by atoms with Gasteiger partial charge in [0.05, 0.1) is 7.11 Å². The second kappa shape index (κ2) is 12.5. The molecule has 0 atom stereocenters. The Morgan fingerprint density at radius 1 is 1.11 bits per heavy atom. The highest BCUT2D eigenvalue weighted by atomic mass is 19.4. The van der Waals surface area contributed by atoms with E-state index in [4.69, 9.17) is 19.2 Å². The van der Waals surface area contributed by atoms with Crippen molar-refractivity contribution in [2.75, 3.05) is 32.1 Å². The summed E-state index contributed by atoms with van der Waals surface area (Å²) in [5.41, 5.74) is 2.11. The quantitative estimate of drug-likeness (QED) is 0.451. The number of methoxy groups -OCH3 is 1. The van der Waals surface area contributed by atoms with Gasteiger partial charge in [0, 0.05) is 19.0 Å². The van der Waals surface area contributed by atoms with Crippen LogP contribution in [0.15, 0.2) is 53.1 Å². The summed E-state index contributed by atoms with van der Waals surface area (Å²) in [6.07, 6.45) is -2.45. The zero-order chi connectivity index (χ0) is 27.0. The van der Waals surface area contributed by atoms with Gasteiger partial charge in [-0.1, -0.05) is 29.4 Å². The normalized spacial score (nSPS) is 14.5. The molecule has 1 saturated heterocycles. The van der Waals surface area contributed by atoms with Crippen LogP contribution in [0.2, 0.25) is 0 Å². The first-order valence-corrected chi connectivity index (χ1v) is 11.5. The topological polar surface area (TPSA) is 91.9 Å². The maximum absolute atomic E-state index is 13.3. The van der Waals surface area contributed by atoms with Crippen molar-refractivity contribution in [3.8, 4) is 5.75 Å². The lowest BCUT2D eigenvalue weighted by molar-refractivity contribution is -0.192. The van der Waals surface area contributed by atoms with Crippen LogP contribution in [0.3, 0.4) is 0 Å². The number of nitrogens with zero attached hydrogens (tertiary/aromatic N) is 4. The number of anilines is 1. The molecule has 200 valence electrons. The smallest absolute Gasteiger partial charge is 0.490 e. The number of piperidine rings is 1. The molecular formula is C25H28F4N4O4.